The Morgan fingerprint density at radius 2 is 2.04 bits per heavy atom. The van der Waals surface area contributed by atoms with E-state index in [2.05, 4.69) is 14.9 Å². The topological polar surface area (TPSA) is 73.6 Å². The van der Waals surface area contributed by atoms with E-state index in [9.17, 15) is 13.2 Å². The van der Waals surface area contributed by atoms with Crippen molar-refractivity contribution in [3.63, 3.8) is 0 Å². The fourth-order valence-corrected chi connectivity index (χ4v) is 3.52. The van der Waals surface area contributed by atoms with Gasteiger partial charge in [0.1, 0.15) is 11.6 Å². The molecular weight excluding hydrogens is 371 g/mol. The first kappa shape index (κ1) is 18.8. The highest BCUT2D eigenvalue weighted by Gasteiger charge is 2.56. The fraction of sp³-hybridized carbons (Fsp3) is 0.500. The van der Waals surface area contributed by atoms with E-state index >= 15 is 0 Å². The minimum absolute atomic E-state index is 0.00821. The highest BCUT2D eigenvalue weighted by atomic mass is 19.3. The second-order valence-corrected chi connectivity index (χ2v) is 7.86. The summed E-state index contributed by atoms with van der Waals surface area (Å²) in [5.74, 6) is -2.81. The average Bonchev–Trinajstić information content (AvgIpc) is 3.37. The number of nitrogens with two attached hydrogens (primary N) is 1. The smallest absolute Gasteiger partial charge is 0.310 e. The third-order valence-corrected chi connectivity index (χ3v) is 5.58. The standard InChI is InChI=1S/C20H22F3N3O2/c1-11(16-9-17(28-26-16)13-4-5-13)7-12-3-6-15(21)14(8-12)19(2)20(22,23)10-27-18(24)25-19/h3,6,8-9,11,13H,4-5,7,10H2,1-2H3,(H2,24,25)/t11?,19-/m1/s1. The Hall–Kier alpha value is -2.51. The largest absolute Gasteiger partial charge is 0.459 e. The number of aromatic nitrogens is 1. The van der Waals surface area contributed by atoms with Crippen LogP contribution in [-0.4, -0.2) is 23.7 Å². The third kappa shape index (κ3) is 3.25. The molecule has 5 nitrogen and oxygen atoms in total. The summed E-state index contributed by atoms with van der Waals surface area (Å²) >= 11 is 0. The third-order valence-electron chi connectivity index (χ3n) is 5.58. The van der Waals surface area contributed by atoms with E-state index in [0.717, 1.165) is 24.3 Å². The van der Waals surface area contributed by atoms with Crippen molar-refractivity contribution in [2.24, 2.45) is 10.7 Å². The first-order valence-corrected chi connectivity index (χ1v) is 9.31. The minimum atomic E-state index is -3.40. The van der Waals surface area contributed by atoms with Gasteiger partial charge in [0.25, 0.3) is 6.02 Å². The minimum Gasteiger partial charge on any atom is -0.459 e. The second kappa shape index (κ2) is 6.53. The molecule has 2 atom stereocenters. The summed E-state index contributed by atoms with van der Waals surface area (Å²) in [6.07, 6.45) is 2.73. The zero-order valence-corrected chi connectivity index (χ0v) is 15.7. The molecule has 0 spiro atoms. The molecule has 1 saturated carbocycles. The number of ether oxygens (including phenoxy) is 1. The van der Waals surface area contributed by atoms with E-state index in [1.54, 1.807) is 6.07 Å². The van der Waals surface area contributed by atoms with Crippen molar-refractivity contribution < 1.29 is 22.4 Å². The van der Waals surface area contributed by atoms with Crippen LogP contribution in [0.1, 0.15) is 61.1 Å². The van der Waals surface area contributed by atoms with Gasteiger partial charge in [-0.15, -0.1) is 0 Å². The lowest BCUT2D eigenvalue weighted by atomic mass is 9.83. The van der Waals surface area contributed by atoms with Gasteiger partial charge in [-0.3, -0.25) is 0 Å². The Balaban J connectivity index is 1.62. The van der Waals surface area contributed by atoms with Crippen LogP contribution in [0, 0.1) is 5.82 Å². The molecule has 2 N–H and O–H groups in total. The zero-order chi connectivity index (χ0) is 20.1. The molecule has 0 bridgehead atoms. The van der Waals surface area contributed by atoms with Gasteiger partial charge in [0, 0.05) is 23.5 Å². The Morgan fingerprint density at radius 1 is 1.29 bits per heavy atom. The molecule has 1 fully saturated rings. The van der Waals surface area contributed by atoms with Crippen molar-refractivity contribution in [2.45, 2.75) is 56.4 Å². The second-order valence-electron chi connectivity index (χ2n) is 7.86. The van der Waals surface area contributed by atoms with Gasteiger partial charge >= 0.3 is 5.92 Å². The summed E-state index contributed by atoms with van der Waals surface area (Å²) < 4.78 is 53.7. The number of alkyl halides is 2. The van der Waals surface area contributed by atoms with Gasteiger partial charge in [0.2, 0.25) is 0 Å². The molecule has 2 aromatic rings. The predicted molar refractivity (Wildman–Crippen MR) is 96.9 cm³/mol. The summed E-state index contributed by atoms with van der Waals surface area (Å²) in [6.45, 7) is 2.20. The normalized spacial score (nSPS) is 25.1. The number of benzene rings is 1. The van der Waals surface area contributed by atoms with Crippen molar-refractivity contribution in [2.75, 3.05) is 6.61 Å². The molecule has 8 heteroatoms. The van der Waals surface area contributed by atoms with Crippen LogP contribution >= 0.6 is 0 Å². The highest BCUT2D eigenvalue weighted by Crippen LogP contribution is 2.45. The van der Waals surface area contributed by atoms with Gasteiger partial charge < -0.3 is 15.0 Å². The average molecular weight is 393 g/mol. The van der Waals surface area contributed by atoms with Crippen LogP contribution in [0.2, 0.25) is 0 Å². The molecule has 4 rings (SSSR count). The Labute approximate surface area is 160 Å². The maximum Gasteiger partial charge on any atom is 0.310 e. The number of aliphatic imine (C=N–C) groups is 1. The first-order chi connectivity index (χ1) is 13.2. The van der Waals surface area contributed by atoms with Crippen molar-refractivity contribution in [3.05, 3.63) is 52.7 Å². The number of rotatable bonds is 5. The molecule has 1 aliphatic carbocycles. The molecular formula is C20H22F3N3O2. The van der Waals surface area contributed by atoms with Crippen molar-refractivity contribution >= 4 is 6.02 Å². The van der Waals surface area contributed by atoms with Gasteiger partial charge in [0.15, 0.2) is 12.1 Å². The van der Waals surface area contributed by atoms with Gasteiger partial charge in [-0.05, 0) is 37.8 Å². The number of nitrogens with zero attached hydrogens (tertiary/aromatic N) is 2. The molecule has 0 radical (unpaired) electrons. The summed E-state index contributed by atoms with van der Waals surface area (Å²) in [5.41, 5.74) is 4.67. The molecule has 1 aromatic heterocycles. The Kier molecular flexibility index (Phi) is 4.39. The zero-order valence-electron chi connectivity index (χ0n) is 15.7. The quantitative estimate of drug-likeness (QED) is 0.825. The van der Waals surface area contributed by atoms with Crippen LogP contribution in [0.3, 0.4) is 0 Å². The van der Waals surface area contributed by atoms with E-state index < -0.39 is 23.9 Å². The molecule has 1 unspecified atom stereocenters. The van der Waals surface area contributed by atoms with Crippen LogP contribution in [0.4, 0.5) is 13.2 Å². The summed E-state index contributed by atoms with van der Waals surface area (Å²) in [4.78, 5) is 3.76. The predicted octanol–water partition coefficient (Wildman–Crippen LogP) is 4.23. The fourth-order valence-electron chi connectivity index (χ4n) is 3.52. The van der Waals surface area contributed by atoms with E-state index in [-0.39, 0.29) is 17.5 Å². The van der Waals surface area contributed by atoms with E-state index in [4.69, 9.17) is 10.3 Å². The van der Waals surface area contributed by atoms with Gasteiger partial charge in [-0.1, -0.05) is 24.2 Å². The van der Waals surface area contributed by atoms with E-state index in [0.29, 0.717) is 17.9 Å². The maximum atomic E-state index is 14.6. The van der Waals surface area contributed by atoms with Crippen LogP contribution in [0.25, 0.3) is 0 Å². The SMILES string of the molecule is CC(Cc1ccc(F)c([C@@]2(C)N=C(N)OCC2(F)F)c1)c1cc(C2CC2)on1. The molecule has 0 saturated heterocycles. The lowest BCUT2D eigenvalue weighted by Crippen LogP contribution is -2.51. The summed E-state index contributed by atoms with van der Waals surface area (Å²) in [5, 5.41) is 4.13. The highest BCUT2D eigenvalue weighted by molar-refractivity contribution is 5.73. The summed E-state index contributed by atoms with van der Waals surface area (Å²) in [7, 11) is 0. The first-order valence-electron chi connectivity index (χ1n) is 9.31. The van der Waals surface area contributed by atoms with Crippen molar-refractivity contribution in [1.82, 2.24) is 5.16 Å². The molecule has 0 amide bonds. The van der Waals surface area contributed by atoms with Crippen molar-refractivity contribution in [3.8, 4) is 0 Å². The molecule has 150 valence electrons. The Bertz CT molecular complexity index is 923. The summed E-state index contributed by atoms with van der Waals surface area (Å²) in [6, 6.07) is 5.79. The molecule has 1 aliphatic heterocycles. The number of hydrogen-bond acceptors (Lipinski definition) is 5. The molecule has 2 heterocycles. The van der Waals surface area contributed by atoms with Crippen LogP contribution in [-0.2, 0) is 16.7 Å². The lowest BCUT2D eigenvalue weighted by molar-refractivity contribution is -0.117. The van der Waals surface area contributed by atoms with Crippen molar-refractivity contribution in [1.29, 1.82) is 0 Å². The molecule has 1 aromatic carbocycles. The number of amidine groups is 1. The van der Waals surface area contributed by atoms with Gasteiger partial charge in [-0.25, -0.2) is 9.38 Å². The lowest BCUT2D eigenvalue weighted by Gasteiger charge is -2.37. The van der Waals surface area contributed by atoms with Crippen LogP contribution < -0.4 is 5.73 Å². The van der Waals surface area contributed by atoms with Crippen LogP contribution in [0.5, 0.6) is 0 Å². The monoisotopic (exact) mass is 393 g/mol. The molecule has 2 aliphatic rings. The number of halogens is 3. The van der Waals surface area contributed by atoms with E-state index in [1.165, 1.54) is 19.1 Å². The maximum absolute atomic E-state index is 14.6. The molecule has 28 heavy (non-hydrogen) atoms. The van der Waals surface area contributed by atoms with Gasteiger partial charge in [0.05, 0.1) is 5.69 Å². The Morgan fingerprint density at radius 3 is 2.75 bits per heavy atom. The number of hydrogen-bond donors (Lipinski definition) is 1. The van der Waals surface area contributed by atoms with Crippen LogP contribution in [0.15, 0.2) is 33.8 Å². The van der Waals surface area contributed by atoms with Gasteiger partial charge in [-0.2, -0.15) is 8.78 Å². The van der Waals surface area contributed by atoms with E-state index in [1.807, 2.05) is 13.0 Å².